The molecule has 3 aliphatic heterocycles. The molecule has 0 radical (unpaired) electrons. The lowest BCUT2D eigenvalue weighted by molar-refractivity contribution is -0.154. The first-order valence-electron chi connectivity index (χ1n) is 8.99. The first-order valence-corrected chi connectivity index (χ1v) is 10.6. The average molecular weight is 456 g/mol. The summed E-state index contributed by atoms with van der Waals surface area (Å²) in [5.74, 6) is -0.609. The predicted molar refractivity (Wildman–Crippen MR) is 112 cm³/mol. The van der Waals surface area contributed by atoms with Crippen molar-refractivity contribution >= 4 is 40.9 Å². The van der Waals surface area contributed by atoms with Gasteiger partial charge < -0.3 is 29.5 Å². The molecule has 30 heavy (non-hydrogen) atoms. The Balaban J connectivity index is 2.05. The minimum absolute atomic E-state index is 0.0481. The monoisotopic (exact) mass is 455 g/mol. The molecule has 4 rings (SSSR count). The number of ether oxygens (including phenoxy) is 2. The maximum Gasteiger partial charge on any atom is 0.273 e. The van der Waals surface area contributed by atoms with E-state index in [4.69, 9.17) is 21.1 Å². The van der Waals surface area contributed by atoms with Crippen LogP contribution in [0.5, 0.6) is 11.5 Å². The van der Waals surface area contributed by atoms with Crippen LogP contribution in [0.15, 0.2) is 18.3 Å². The number of amides is 2. The van der Waals surface area contributed by atoms with E-state index in [1.807, 2.05) is 0 Å². The zero-order valence-corrected chi connectivity index (χ0v) is 18.7. The zero-order valence-electron chi connectivity index (χ0n) is 17.1. The van der Waals surface area contributed by atoms with E-state index in [9.17, 15) is 19.8 Å². The fourth-order valence-corrected chi connectivity index (χ4v) is 6.25. The number of anilines is 1. The Morgan fingerprint density at radius 1 is 1.23 bits per heavy atom. The summed E-state index contributed by atoms with van der Waals surface area (Å²) in [6.45, 7) is 3.72. The van der Waals surface area contributed by atoms with Gasteiger partial charge >= 0.3 is 0 Å². The lowest BCUT2D eigenvalue weighted by Crippen LogP contribution is -2.67. The van der Waals surface area contributed by atoms with E-state index in [2.05, 4.69) is 6.58 Å². The molecule has 4 unspecified atom stereocenters. The summed E-state index contributed by atoms with van der Waals surface area (Å²) in [5.41, 5.74) is -1.42. The second-order valence-electron chi connectivity index (χ2n) is 7.42. The Hall–Kier alpha value is -2.14. The van der Waals surface area contributed by atoms with Gasteiger partial charge in [0.05, 0.1) is 24.9 Å². The van der Waals surface area contributed by atoms with E-state index in [1.165, 1.54) is 32.2 Å². The molecule has 9 nitrogen and oxygen atoms in total. The lowest BCUT2D eigenvalue weighted by atomic mass is 9.87. The van der Waals surface area contributed by atoms with Crippen LogP contribution in [0.1, 0.15) is 5.56 Å². The molecule has 3 aliphatic rings. The van der Waals surface area contributed by atoms with Crippen molar-refractivity contribution in [2.24, 2.45) is 0 Å². The highest BCUT2D eigenvalue weighted by atomic mass is 35.5. The molecule has 2 fully saturated rings. The third kappa shape index (κ3) is 2.02. The molecule has 1 aromatic carbocycles. The van der Waals surface area contributed by atoms with Gasteiger partial charge in [0.2, 0.25) is 0 Å². The van der Waals surface area contributed by atoms with Crippen LogP contribution in [0.2, 0.25) is 5.02 Å². The van der Waals surface area contributed by atoms with Crippen LogP contribution in [0.25, 0.3) is 0 Å². The molecular weight excluding hydrogens is 434 g/mol. The Morgan fingerprint density at radius 3 is 2.37 bits per heavy atom. The molecule has 2 N–H and O–H groups in total. The van der Waals surface area contributed by atoms with E-state index in [0.29, 0.717) is 5.69 Å². The summed E-state index contributed by atoms with van der Waals surface area (Å²) < 4.78 is 10.9. The molecule has 162 valence electrons. The molecule has 2 amide bonds. The van der Waals surface area contributed by atoms with Gasteiger partial charge in [-0.2, -0.15) is 0 Å². The number of methoxy groups -OCH3 is 2. The van der Waals surface area contributed by atoms with Crippen LogP contribution >= 0.6 is 23.4 Å². The number of likely N-dealkylation sites (N-methyl/N-ethyl adjacent to an activating group) is 2. The normalized spacial score (nSPS) is 32.4. The van der Waals surface area contributed by atoms with Crippen LogP contribution in [0, 0.1) is 0 Å². The van der Waals surface area contributed by atoms with E-state index >= 15 is 0 Å². The van der Waals surface area contributed by atoms with Crippen LogP contribution < -0.4 is 14.4 Å². The van der Waals surface area contributed by atoms with Gasteiger partial charge in [-0.05, 0) is 12.3 Å². The van der Waals surface area contributed by atoms with Crippen molar-refractivity contribution in [1.82, 2.24) is 9.80 Å². The van der Waals surface area contributed by atoms with E-state index in [1.54, 1.807) is 18.2 Å². The lowest BCUT2D eigenvalue weighted by Gasteiger charge is -2.47. The number of piperazine rings is 1. The van der Waals surface area contributed by atoms with Gasteiger partial charge in [-0.25, -0.2) is 0 Å². The van der Waals surface area contributed by atoms with Crippen molar-refractivity contribution in [3.63, 3.8) is 0 Å². The number of thioether (sulfide) groups is 1. The summed E-state index contributed by atoms with van der Waals surface area (Å²) in [4.78, 5) is 28.8. The van der Waals surface area contributed by atoms with Crippen LogP contribution in [0.4, 0.5) is 5.69 Å². The number of carbonyl (C=O) groups excluding carboxylic acids is 2. The summed E-state index contributed by atoms with van der Waals surface area (Å²) in [6.07, 6.45) is -1.15. The maximum atomic E-state index is 13.3. The Labute approximate surface area is 182 Å². The summed E-state index contributed by atoms with van der Waals surface area (Å²) in [5, 5.41) is 23.5. The number of aliphatic hydroxyl groups is 2. The highest BCUT2D eigenvalue weighted by Crippen LogP contribution is 2.63. The van der Waals surface area contributed by atoms with Gasteiger partial charge in [0, 0.05) is 19.7 Å². The van der Waals surface area contributed by atoms with Crippen molar-refractivity contribution in [2.45, 2.75) is 22.7 Å². The molecule has 0 aromatic heterocycles. The molecule has 0 spiro atoms. The number of nitrogens with zero attached hydrogens (tertiary/aromatic N) is 3. The van der Waals surface area contributed by atoms with E-state index in [-0.39, 0.29) is 27.8 Å². The molecule has 0 aliphatic carbocycles. The number of fused-ring (bicyclic) bond motifs is 5. The number of halogens is 1. The maximum absolute atomic E-state index is 13.3. The van der Waals surface area contributed by atoms with Crippen LogP contribution in [0.3, 0.4) is 0 Å². The fraction of sp³-hybridized carbons (Fsp3) is 0.474. The predicted octanol–water partition coefficient (Wildman–Crippen LogP) is 0.569. The second-order valence-corrected chi connectivity index (χ2v) is 8.86. The van der Waals surface area contributed by atoms with Gasteiger partial charge in [-0.3, -0.25) is 14.5 Å². The number of hydrogen-bond acceptors (Lipinski definition) is 8. The molecule has 1 aromatic rings. The van der Waals surface area contributed by atoms with Gasteiger partial charge in [0.25, 0.3) is 11.8 Å². The summed E-state index contributed by atoms with van der Waals surface area (Å²) >= 11 is 7.36. The highest BCUT2D eigenvalue weighted by Gasteiger charge is 2.77. The highest BCUT2D eigenvalue weighted by molar-refractivity contribution is 8.00. The number of hydrogen-bond donors (Lipinski definition) is 2. The van der Waals surface area contributed by atoms with Gasteiger partial charge in [0.1, 0.15) is 18.0 Å². The molecular formula is C19H22ClN3O6S. The molecule has 3 heterocycles. The Bertz CT molecular complexity index is 1000. The Morgan fingerprint density at radius 2 is 1.83 bits per heavy atom. The molecule has 2 saturated heterocycles. The first kappa shape index (κ1) is 21.1. The third-order valence-corrected chi connectivity index (χ3v) is 7.80. The Kier molecular flexibility index (Phi) is 4.52. The van der Waals surface area contributed by atoms with Gasteiger partial charge in [-0.1, -0.05) is 18.2 Å². The molecule has 4 atom stereocenters. The molecule has 0 saturated carbocycles. The van der Waals surface area contributed by atoms with E-state index in [0.717, 1.165) is 16.7 Å². The number of rotatable bonds is 3. The first-order chi connectivity index (χ1) is 14.0. The van der Waals surface area contributed by atoms with Crippen molar-refractivity contribution in [2.75, 3.05) is 39.5 Å². The summed E-state index contributed by atoms with van der Waals surface area (Å²) in [7, 11) is 5.92. The number of aliphatic hydroxyl groups excluding tert-OH is 1. The average Bonchev–Trinajstić information content (AvgIpc) is 3.07. The topological polar surface area (TPSA) is 103 Å². The van der Waals surface area contributed by atoms with Crippen LogP contribution in [-0.2, 0) is 15.2 Å². The van der Waals surface area contributed by atoms with Gasteiger partial charge in [0.15, 0.2) is 22.0 Å². The largest absolute Gasteiger partial charge is 0.491 e. The van der Waals surface area contributed by atoms with Crippen molar-refractivity contribution < 1.29 is 29.3 Å². The van der Waals surface area contributed by atoms with Crippen molar-refractivity contribution in [3.05, 3.63) is 28.9 Å². The van der Waals surface area contributed by atoms with Crippen molar-refractivity contribution in [1.29, 1.82) is 0 Å². The molecule has 11 heteroatoms. The third-order valence-electron chi connectivity index (χ3n) is 6.30. The molecule has 0 bridgehead atoms. The second kappa shape index (κ2) is 6.43. The summed E-state index contributed by atoms with van der Waals surface area (Å²) in [6, 6.07) is 1.47. The number of carbonyl (C=O) groups is 2. The van der Waals surface area contributed by atoms with E-state index < -0.39 is 34.6 Å². The number of benzene rings is 1. The fourth-order valence-electron chi connectivity index (χ4n) is 4.89. The minimum atomic E-state index is -2.02. The smallest absolute Gasteiger partial charge is 0.273 e. The standard InChI is InChI=1S/C19H22ClN3O6S/c1-8-14(24)23-16-18(27,15(25)19(23,30-6)17(26)21(8)2)9-7-10(20)12(28-4)13(29-5)11(9)22(16)3/h7,15-16,25,27H,1H2,2-6H3. The van der Waals surface area contributed by atoms with Gasteiger partial charge in [-0.15, -0.1) is 11.8 Å². The minimum Gasteiger partial charge on any atom is -0.491 e. The SMILES string of the molecule is C=C1C(=O)N2C3N(C)c4c(cc(Cl)c(OC)c4OC)C3(O)C(O)C2(SC)C(=O)N1C. The van der Waals surface area contributed by atoms with Crippen molar-refractivity contribution in [3.8, 4) is 11.5 Å². The zero-order chi connectivity index (χ0) is 22.3. The van der Waals surface area contributed by atoms with Crippen LogP contribution in [-0.4, -0.2) is 83.5 Å². The quantitative estimate of drug-likeness (QED) is 0.638.